The van der Waals surface area contributed by atoms with Crippen LogP contribution in [0.2, 0.25) is 0 Å². The van der Waals surface area contributed by atoms with E-state index in [-0.39, 0.29) is 30.3 Å². The standard InChI is InChI=1S/C26H29NO8S/c1-17-5-8-21(9-6-17)36(30,31)27-15-19(16-35-25(29)34-4)26(12-11-20(28)14-24(26)27)18-7-10-22(32-2)23(13-18)33-3/h5-13,19,24H,14-16H2,1-4H3/t19-,24+,26-/m1/s1. The number of ether oxygens (including phenoxy) is 4. The minimum absolute atomic E-state index is 0.0232. The third kappa shape index (κ3) is 4.35. The molecule has 0 N–H and O–H groups in total. The zero-order valence-electron chi connectivity index (χ0n) is 20.6. The number of rotatable bonds is 7. The molecule has 1 aliphatic heterocycles. The highest BCUT2D eigenvalue weighted by Crippen LogP contribution is 2.51. The Morgan fingerprint density at radius 2 is 1.75 bits per heavy atom. The summed E-state index contributed by atoms with van der Waals surface area (Å²) >= 11 is 0. The van der Waals surface area contributed by atoms with E-state index in [4.69, 9.17) is 14.2 Å². The molecule has 2 aromatic carbocycles. The Kier molecular flexibility index (Phi) is 7.10. The summed E-state index contributed by atoms with van der Waals surface area (Å²) in [4.78, 5) is 24.6. The molecule has 0 spiro atoms. The van der Waals surface area contributed by atoms with Crippen LogP contribution < -0.4 is 9.47 Å². The number of benzene rings is 2. The molecule has 3 atom stereocenters. The van der Waals surface area contributed by atoms with E-state index in [1.165, 1.54) is 31.7 Å². The number of methoxy groups -OCH3 is 3. The molecule has 36 heavy (non-hydrogen) atoms. The van der Waals surface area contributed by atoms with Crippen molar-refractivity contribution in [1.29, 1.82) is 0 Å². The van der Waals surface area contributed by atoms with Gasteiger partial charge in [-0.1, -0.05) is 29.8 Å². The summed E-state index contributed by atoms with van der Waals surface area (Å²) in [7, 11) is 0.260. The lowest BCUT2D eigenvalue weighted by molar-refractivity contribution is -0.116. The molecule has 0 unspecified atom stereocenters. The Balaban J connectivity index is 1.88. The molecule has 0 aromatic heterocycles. The summed E-state index contributed by atoms with van der Waals surface area (Å²) in [6.45, 7) is 1.79. The molecule has 10 heteroatoms. The van der Waals surface area contributed by atoms with Gasteiger partial charge in [-0.15, -0.1) is 0 Å². The van der Waals surface area contributed by atoms with Crippen LogP contribution in [-0.4, -0.2) is 65.2 Å². The Morgan fingerprint density at radius 3 is 2.39 bits per heavy atom. The molecule has 192 valence electrons. The van der Waals surface area contributed by atoms with Gasteiger partial charge in [0.05, 0.1) is 26.2 Å². The minimum Gasteiger partial charge on any atom is -0.493 e. The molecular weight excluding hydrogens is 486 g/mol. The van der Waals surface area contributed by atoms with Gasteiger partial charge in [-0.05, 0) is 42.8 Å². The van der Waals surface area contributed by atoms with Gasteiger partial charge in [-0.3, -0.25) is 4.79 Å². The Hall–Kier alpha value is -3.37. The van der Waals surface area contributed by atoms with Crippen LogP contribution in [0.3, 0.4) is 0 Å². The fraction of sp³-hybridized carbons (Fsp3) is 0.385. The van der Waals surface area contributed by atoms with E-state index in [0.717, 1.165) is 5.56 Å². The number of fused-ring (bicyclic) bond motifs is 1. The van der Waals surface area contributed by atoms with Gasteiger partial charge in [-0.25, -0.2) is 13.2 Å². The second-order valence-electron chi connectivity index (χ2n) is 8.87. The molecule has 0 radical (unpaired) electrons. The second kappa shape index (κ2) is 9.94. The van der Waals surface area contributed by atoms with E-state index in [1.54, 1.807) is 42.5 Å². The van der Waals surface area contributed by atoms with Crippen molar-refractivity contribution in [2.75, 3.05) is 34.5 Å². The van der Waals surface area contributed by atoms with Crippen LogP contribution in [0.1, 0.15) is 17.5 Å². The summed E-state index contributed by atoms with van der Waals surface area (Å²) < 4.78 is 49.9. The number of aryl methyl sites for hydroxylation is 1. The number of ketones is 1. The van der Waals surface area contributed by atoms with Gasteiger partial charge in [0.1, 0.15) is 6.61 Å². The van der Waals surface area contributed by atoms with Crippen molar-refractivity contribution in [2.24, 2.45) is 5.92 Å². The van der Waals surface area contributed by atoms with E-state index in [9.17, 15) is 18.0 Å². The minimum atomic E-state index is -3.98. The molecule has 2 aromatic rings. The van der Waals surface area contributed by atoms with Crippen molar-refractivity contribution in [3.05, 3.63) is 65.7 Å². The Labute approximate surface area is 210 Å². The highest BCUT2D eigenvalue weighted by atomic mass is 32.2. The van der Waals surface area contributed by atoms with Crippen molar-refractivity contribution < 1.29 is 37.0 Å². The number of hydrogen-bond acceptors (Lipinski definition) is 8. The maximum absolute atomic E-state index is 13.9. The highest BCUT2D eigenvalue weighted by Gasteiger charge is 2.59. The fourth-order valence-electron chi connectivity index (χ4n) is 5.17. The lowest BCUT2D eigenvalue weighted by Gasteiger charge is -2.40. The average molecular weight is 516 g/mol. The first kappa shape index (κ1) is 25.7. The van der Waals surface area contributed by atoms with E-state index in [2.05, 4.69) is 4.74 Å². The van der Waals surface area contributed by atoms with Crippen LogP contribution in [0.4, 0.5) is 4.79 Å². The van der Waals surface area contributed by atoms with E-state index in [0.29, 0.717) is 17.1 Å². The predicted octanol–water partition coefficient (Wildman–Crippen LogP) is 3.25. The first-order valence-corrected chi connectivity index (χ1v) is 12.8. The zero-order valence-corrected chi connectivity index (χ0v) is 21.4. The third-order valence-electron chi connectivity index (χ3n) is 6.99. The second-order valence-corrected chi connectivity index (χ2v) is 10.8. The van der Waals surface area contributed by atoms with Crippen molar-refractivity contribution in [1.82, 2.24) is 4.31 Å². The van der Waals surface area contributed by atoms with E-state index >= 15 is 0 Å². The van der Waals surface area contributed by atoms with Gasteiger partial charge in [0, 0.05) is 30.3 Å². The number of hydrogen-bond donors (Lipinski definition) is 0. The van der Waals surface area contributed by atoms with Crippen molar-refractivity contribution in [2.45, 2.75) is 29.7 Å². The monoisotopic (exact) mass is 515 g/mol. The molecule has 1 saturated heterocycles. The Morgan fingerprint density at radius 1 is 1.06 bits per heavy atom. The molecule has 1 fully saturated rings. The van der Waals surface area contributed by atoms with E-state index < -0.39 is 33.6 Å². The number of nitrogens with zero attached hydrogens (tertiary/aromatic N) is 1. The molecule has 9 nitrogen and oxygen atoms in total. The first-order valence-electron chi connectivity index (χ1n) is 11.4. The van der Waals surface area contributed by atoms with Gasteiger partial charge < -0.3 is 18.9 Å². The Bertz CT molecular complexity index is 1290. The van der Waals surface area contributed by atoms with Gasteiger partial charge in [0.15, 0.2) is 17.3 Å². The maximum atomic E-state index is 13.9. The lowest BCUT2D eigenvalue weighted by Crippen LogP contribution is -2.49. The maximum Gasteiger partial charge on any atom is 0.507 e. The van der Waals surface area contributed by atoms with E-state index in [1.807, 2.05) is 13.0 Å². The molecule has 1 heterocycles. The number of carbonyl (C=O) groups is 2. The van der Waals surface area contributed by atoms with Crippen molar-refractivity contribution >= 4 is 22.0 Å². The largest absolute Gasteiger partial charge is 0.507 e. The van der Waals surface area contributed by atoms with Crippen LogP contribution in [0.5, 0.6) is 11.5 Å². The number of carbonyl (C=O) groups excluding carboxylic acids is 2. The normalized spacial score (nSPS) is 23.7. The van der Waals surface area contributed by atoms with Gasteiger partial charge in [0.2, 0.25) is 10.0 Å². The van der Waals surface area contributed by atoms with Crippen LogP contribution in [0.25, 0.3) is 0 Å². The molecule has 0 bridgehead atoms. The predicted molar refractivity (Wildman–Crippen MR) is 131 cm³/mol. The first-order chi connectivity index (χ1) is 17.2. The van der Waals surface area contributed by atoms with Crippen LogP contribution in [-0.2, 0) is 29.7 Å². The summed E-state index contributed by atoms with van der Waals surface area (Å²) in [5.41, 5.74) is 0.670. The lowest BCUT2D eigenvalue weighted by atomic mass is 9.65. The van der Waals surface area contributed by atoms with Crippen LogP contribution >= 0.6 is 0 Å². The quantitative estimate of drug-likeness (QED) is 0.517. The van der Waals surface area contributed by atoms with Gasteiger partial charge in [-0.2, -0.15) is 4.31 Å². The van der Waals surface area contributed by atoms with Crippen LogP contribution in [0, 0.1) is 12.8 Å². The van der Waals surface area contributed by atoms with Gasteiger partial charge in [0.25, 0.3) is 0 Å². The van der Waals surface area contributed by atoms with Gasteiger partial charge >= 0.3 is 6.16 Å². The van der Waals surface area contributed by atoms with Crippen LogP contribution in [0.15, 0.2) is 59.5 Å². The molecule has 2 aliphatic rings. The summed E-state index contributed by atoms with van der Waals surface area (Å²) in [6.07, 6.45) is 2.32. The SMILES string of the molecule is COC(=O)OC[C@H]1CN(S(=O)(=O)c2ccc(C)cc2)[C@H]2CC(=O)C=C[C@@]12c1ccc(OC)c(OC)c1. The molecule has 0 saturated carbocycles. The summed E-state index contributed by atoms with van der Waals surface area (Å²) in [5, 5.41) is 0. The zero-order chi connectivity index (χ0) is 26.1. The number of sulfonamides is 1. The molecule has 1 aliphatic carbocycles. The third-order valence-corrected chi connectivity index (χ3v) is 8.88. The molecule has 4 rings (SSSR count). The molecule has 0 amide bonds. The average Bonchev–Trinajstić information content (AvgIpc) is 3.22. The smallest absolute Gasteiger partial charge is 0.493 e. The summed E-state index contributed by atoms with van der Waals surface area (Å²) in [5.74, 6) is 0.273. The topological polar surface area (TPSA) is 108 Å². The fourth-order valence-corrected chi connectivity index (χ4v) is 6.88. The number of allylic oxidation sites excluding steroid dienone is 1. The van der Waals surface area contributed by atoms with Crippen molar-refractivity contribution in [3.63, 3.8) is 0 Å². The van der Waals surface area contributed by atoms with Crippen molar-refractivity contribution in [3.8, 4) is 11.5 Å². The highest BCUT2D eigenvalue weighted by molar-refractivity contribution is 7.89. The molecular formula is C26H29NO8S. The summed E-state index contributed by atoms with van der Waals surface area (Å²) in [6, 6.07) is 11.2.